The number of rotatable bonds is 6. The maximum atomic E-state index is 13.7. The molecule has 9 rings (SSSR count). The van der Waals surface area contributed by atoms with Gasteiger partial charge in [-0.1, -0.05) is 111 Å². The van der Waals surface area contributed by atoms with Crippen LogP contribution in [0.4, 0.5) is 0 Å². The molecule has 0 unspecified atom stereocenters. The normalized spacial score (nSPS) is 16.9. The molecule has 3 aliphatic carbocycles. The average Bonchev–Trinajstić information content (AvgIpc) is 3.10. The van der Waals surface area contributed by atoms with Crippen LogP contribution in [0.15, 0.2) is 148 Å². The van der Waals surface area contributed by atoms with Crippen molar-refractivity contribution in [1.82, 2.24) is 0 Å². The van der Waals surface area contributed by atoms with Gasteiger partial charge in [0.25, 0.3) is 0 Å². The molecule has 6 heteroatoms. The van der Waals surface area contributed by atoms with E-state index in [1.165, 1.54) is 0 Å². The Bertz CT molecular complexity index is 2130. The minimum atomic E-state index is -0.742. The Balaban J connectivity index is 1.39. The molecule has 0 N–H and O–H groups in total. The molecule has 3 aliphatic rings. The van der Waals surface area contributed by atoms with Gasteiger partial charge in [-0.25, -0.2) is 9.59 Å². The molecule has 0 atom stereocenters. The number of halogens is 2. The first-order valence-corrected chi connectivity index (χ1v) is 16.9. The van der Waals surface area contributed by atoms with Crippen LogP contribution in [0.1, 0.15) is 65.6 Å². The lowest BCUT2D eigenvalue weighted by atomic mass is 9.51. The maximum absolute atomic E-state index is 13.7. The summed E-state index contributed by atoms with van der Waals surface area (Å²) in [7, 11) is 0. The lowest BCUT2D eigenvalue weighted by Gasteiger charge is -2.51. The number of benzene rings is 6. The molecular weight excluding hydrogens is 716 g/mol. The van der Waals surface area contributed by atoms with Crippen molar-refractivity contribution < 1.29 is 19.1 Å². The molecule has 0 aromatic heterocycles. The summed E-state index contributed by atoms with van der Waals surface area (Å²) < 4.78 is 14.4. The zero-order valence-corrected chi connectivity index (χ0v) is 28.1. The number of hydrogen-bond acceptors (Lipinski definition) is 4. The summed E-state index contributed by atoms with van der Waals surface area (Å²) >= 11 is 6.90. The van der Waals surface area contributed by atoms with Crippen LogP contribution in [-0.4, -0.2) is 11.9 Å². The molecule has 0 saturated heterocycles. The van der Waals surface area contributed by atoms with Crippen LogP contribution < -0.4 is 9.47 Å². The minimum absolute atomic E-state index is 0.242. The standard InChI is InChI=1S/C41H26Br2O4/c42-28-18-14-26(15-19-28)39(44)46-34-22-23-35(47-40(45)27-16-20-29(43)21-17-27)38-37(34)36-30-10-4-6-12-32(30)41(38,24-25-8-2-1-3-9-25)33-13-7-5-11-31(33)36/h1-23,36H,24H2. The monoisotopic (exact) mass is 740 g/mol. The first-order chi connectivity index (χ1) is 22.9. The molecule has 0 saturated carbocycles. The van der Waals surface area contributed by atoms with E-state index in [1.807, 2.05) is 42.5 Å². The molecule has 228 valence electrons. The van der Waals surface area contributed by atoms with Crippen molar-refractivity contribution in [3.63, 3.8) is 0 Å². The van der Waals surface area contributed by atoms with Gasteiger partial charge in [-0.15, -0.1) is 0 Å². The number of carbonyl (C=O) groups excluding carboxylic acids is 2. The molecule has 0 spiro atoms. The van der Waals surface area contributed by atoms with Crippen LogP contribution in [-0.2, 0) is 11.8 Å². The summed E-state index contributed by atoms with van der Waals surface area (Å²) in [6.07, 6.45) is 0.606. The molecule has 6 aromatic rings. The van der Waals surface area contributed by atoms with E-state index in [0.29, 0.717) is 29.0 Å². The Kier molecular flexibility index (Phi) is 7.42. The van der Waals surface area contributed by atoms with Gasteiger partial charge in [-0.2, -0.15) is 0 Å². The van der Waals surface area contributed by atoms with Gasteiger partial charge in [0.05, 0.1) is 16.5 Å². The van der Waals surface area contributed by atoms with E-state index >= 15 is 0 Å². The topological polar surface area (TPSA) is 52.6 Å². The Labute approximate surface area is 289 Å². The summed E-state index contributed by atoms with van der Waals surface area (Å²) in [5.41, 5.74) is 7.54. The quantitative estimate of drug-likeness (QED) is 0.126. The van der Waals surface area contributed by atoms with Crippen molar-refractivity contribution in [2.75, 3.05) is 0 Å². The van der Waals surface area contributed by atoms with Crippen LogP contribution in [0.5, 0.6) is 11.5 Å². The minimum Gasteiger partial charge on any atom is -0.423 e. The van der Waals surface area contributed by atoms with E-state index in [0.717, 1.165) is 47.9 Å². The fraction of sp³-hybridized carbons (Fsp3) is 0.0732. The van der Waals surface area contributed by atoms with Crippen LogP contribution in [0.3, 0.4) is 0 Å². The van der Waals surface area contributed by atoms with Crippen molar-refractivity contribution in [2.45, 2.75) is 17.8 Å². The highest BCUT2D eigenvalue weighted by molar-refractivity contribution is 9.10. The molecule has 0 heterocycles. The fourth-order valence-electron chi connectivity index (χ4n) is 7.32. The third-order valence-electron chi connectivity index (χ3n) is 9.22. The van der Waals surface area contributed by atoms with E-state index in [1.54, 1.807) is 36.4 Å². The largest absolute Gasteiger partial charge is 0.423 e. The predicted octanol–water partition coefficient (Wildman–Crippen LogP) is 10.0. The summed E-state index contributed by atoms with van der Waals surface area (Å²) in [6.45, 7) is 0. The highest BCUT2D eigenvalue weighted by Crippen LogP contribution is 2.64. The number of ether oxygens (including phenoxy) is 2. The average molecular weight is 742 g/mol. The third-order valence-corrected chi connectivity index (χ3v) is 10.3. The SMILES string of the molecule is O=C(Oc1ccc(OC(=O)c2ccc(Br)cc2)c2c1C1c3ccccc3C2(Cc2ccccc2)c2ccccc21)c1ccc(Br)cc1. The summed E-state index contributed by atoms with van der Waals surface area (Å²) in [5, 5.41) is 0. The van der Waals surface area contributed by atoms with Gasteiger partial charge in [0.1, 0.15) is 11.5 Å². The summed E-state index contributed by atoms with van der Waals surface area (Å²) in [4.78, 5) is 27.3. The Morgan fingerprint density at radius 1 is 0.553 bits per heavy atom. The zero-order chi connectivity index (χ0) is 32.1. The van der Waals surface area contributed by atoms with Crippen LogP contribution in [0.2, 0.25) is 0 Å². The van der Waals surface area contributed by atoms with E-state index < -0.39 is 17.4 Å². The van der Waals surface area contributed by atoms with E-state index in [2.05, 4.69) is 92.5 Å². The number of carbonyl (C=O) groups is 2. The molecule has 0 aliphatic heterocycles. The van der Waals surface area contributed by atoms with Gasteiger partial charge in [-0.3, -0.25) is 0 Å². The number of esters is 2. The second-order valence-electron chi connectivity index (χ2n) is 11.8. The smallest absolute Gasteiger partial charge is 0.343 e. The molecule has 2 bridgehead atoms. The van der Waals surface area contributed by atoms with Crippen molar-refractivity contribution in [1.29, 1.82) is 0 Å². The summed E-state index contributed by atoms with van der Waals surface area (Å²) in [5.74, 6) is -0.269. The fourth-order valence-corrected chi connectivity index (χ4v) is 7.85. The molecule has 0 amide bonds. The Morgan fingerprint density at radius 2 is 1.02 bits per heavy atom. The van der Waals surface area contributed by atoms with Gasteiger partial charge < -0.3 is 9.47 Å². The van der Waals surface area contributed by atoms with Crippen molar-refractivity contribution in [2.24, 2.45) is 0 Å². The molecule has 4 nitrogen and oxygen atoms in total. The van der Waals surface area contributed by atoms with Gasteiger partial charge in [0, 0.05) is 26.0 Å². The predicted molar refractivity (Wildman–Crippen MR) is 188 cm³/mol. The van der Waals surface area contributed by atoms with Crippen LogP contribution >= 0.6 is 31.9 Å². The van der Waals surface area contributed by atoms with Crippen molar-refractivity contribution in [3.05, 3.63) is 199 Å². The summed E-state index contributed by atoms with van der Waals surface area (Å²) in [6, 6.07) is 45.1. The third kappa shape index (κ3) is 4.95. The highest BCUT2D eigenvalue weighted by Gasteiger charge is 2.54. The van der Waals surface area contributed by atoms with Gasteiger partial charge in [-0.05, 0) is 94.9 Å². The molecule has 0 fully saturated rings. The van der Waals surface area contributed by atoms with E-state index in [4.69, 9.17) is 9.47 Å². The lowest BCUT2D eigenvalue weighted by molar-refractivity contribution is 0.0714. The number of hydrogen-bond donors (Lipinski definition) is 0. The molecular formula is C41H26Br2O4. The van der Waals surface area contributed by atoms with Crippen LogP contribution in [0, 0.1) is 0 Å². The second-order valence-corrected chi connectivity index (χ2v) is 13.6. The highest BCUT2D eigenvalue weighted by atomic mass is 79.9. The van der Waals surface area contributed by atoms with Crippen LogP contribution in [0.25, 0.3) is 0 Å². The zero-order valence-electron chi connectivity index (χ0n) is 25.0. The molecule has 6 aromatic carbocycles. The maximum Gasteiger partial charge on any atom is 0.343 e. The van der Waals surface area contributed by atoms with Crippen molar-refractivity contribution in [3.8, 4) is 11.5 Å². The van der Waals surface area contributed by atoms with Crippen molar-refractivity contribution >= 4 is 43.8 Å². The van der Waals surface area contributed by atoms with E-state index in [-0.39, 0.29) is 5.92 Å². The van der Waals surface area contributed by atoms with Gasteiger partial charge in [0.15, 0.2) is 0 Å². The van der Waals surface area contributed by atoms with E-state index in [9.17, 15) is 9.59 Å². The Morgan fingerprint density at radius 3 is 1.57 bits per heavy atom. The molecule has 47 heavy (non-hydrogen) atoms. The van der Waals surface area contributed by atoms with Gasteiger partial charge in [0.2, 0.25) is 0 Å². The van der Waals surface area contributed by atoms with Gasteiger partial charge >= 0.3 is 11.9 Å². The molecule has 0 radical (unpaired) electrons. The second kappa shape index (κ2) is 11.8. The first kappa shape index (κ1) is 29.6. The lowest BCUT2D eigenvalue weighted by Crippen LogP contribution is -2.44. The first-order valence-electron chi connectivity index (χ1n) is 15.3. The Hall–Kier alpha value is -4.78.